The van der Waals surface area contributed by atoms with Crippen molar-refractivity contribution in [1.29, 1.82) is 0 Å². The highest BCUT2D eigenvalue weighted by Gasteiger charge is 2.32. The molecule has 7 nitrogen and oxygen atoms in total. The molecule has 0 aliphatic carbocycles. The average molecular weight is 367 g/mol. The lowest BCUT2D eigenvalue weighted by atomic mass is 10.1. The van der Waals surface area contributed by atoms with Crippen LogP contribution in [0.25, 0.3) is 0 Å². The van der Waals surface area contributed by atoms with E-state index in [0.29, 0.717) is 17.0 Å². The van der Waals surface area contributed by atoms with Gasteiger partial charge in [0.2, 0.25) is 11.8 Å². The third kappa shape index (κ3) is 3.92. The number of benzene rings is 2. The first kappa shape index (κ1) is 18.4. The Balaban J connectivity index is 1.76. The molecule has 27 heavy (non-hydrogen) atoms. The van der Waals surface area contributed by atoms with Gasteiger partial charge in [-0.3, -0.25) is 14.4 Å². The summed E-state index contributed by atoms with van der Waals surface area (Å²) in [6.45, 7) is 1.70. The lowest BCUT2D eigenvalue weighted by Gasteiger charge is -2.23. The van der Waals surface area contributed by atoms with E-state index in [9.17, 15) is 14.4 Å². The number of carbonyl (C=O) groups excluding carboxylic acids is 3. The van der Waals surface area contributed by atoms with Crippen LogP contribution in [0.4, 0.5) is 5.69 Å². The lowest BCUT2D eigenvalue weighted by molar-refractivity contribution is -0.124. The molecule has 1 unspecified atom stereocenters. The molecule has 0 saturated heterocycles. The van der Waals surface area contributed by atoms with Crippen LogP contribution in [0.5, 0.6) is 5.75 Å². The number of para-hydroxylation sites is 2. The minimum Gasteiger partial charge on any atom is -0.496 e. The van der Waals surface area contributed by atoms with Crippen molar-refractivity contribution in [3.63, 3.8) is 0 Å². The maximum absolute atomic E-state index is 12.7. The highest BCUT2D eigenvalue weighted by molar-refractivity contribution is 6.12. The van der Waals surface area contributed by atoms with Crippen LogP contribution in [0.1, 0.15) is 22.8 Å². The summed E-state index contributed by atoms with van der Waals surface area (Å²) in [4.78, 5) is 38.8. The van der Waals surface area contributed by atoms with Crippen LogP contribution in [0, 0.1) is 0 Å². The number of rotatable bonds is 5. The first-order chi connectivity index (χ1) is 13.0. The second-order valence-electron chi connectivity index (χ2n) is 6.23. The number of methoxy groups -OCH3 is 1. The van der Waals surface area contributed by atoms with Crippen molar-refractivity contribution in [2.24, 2.45) is 0 Å². The average Bonchev–Trinajstić information content (AvgIpc) is 2.77. The molecule has 0 fully saturated rings. The first-order valence-corrected chi connectivity index (χ1v) is 8.61. The zero-order valence-electron chi connectivity index (χ0n) is 15.2. The minimum atomic E-state index is -0.716. The third-order valence-electron chi connectivity index (χ3n) is 4.39. The van der Waals surface area contributed by atoms with Gasteiger partial charge in [-0.25, -0.2) is 0 Å². The monoisotopic (exact) mass is 367 g/mol. The zero-order chi connectivity index (χ0) is 19.4. The summed E-state index contributed by atoms with van der Waals surface area (Å²) in [5, 5.41) is 5.45. The van der Waals surface area contributed by atoms with E-state index in [0.717, 1.165) is 5.56 Å². The lowest BCUT2D eigenvalue weighted by Crippen LogP contribution is -2.47. The fraction of sp³-hybridized carbons (Fsp3) is 0.250. The number of amides is 3. The maximum Gasteiger partial charge on any atom is 0.254 e. The summed E-state index contributed by atoms with van der Waals surface area (Å²) >= 11 is 0. The number of hydrogen-bond acceptors (Lipinski definition) is 4. The van der Waals surface area contributed by atoms with E-state index in [4.69, 9.17) is 4.74 Å². The van der Waals surface area contributed by atoms with E-state index in [-0.39, 0.29) is 30.8 Å². The van der Waals surface area contributed by atoms with E-state index in [2.05, 4.69) is 10.6 Å². The van der Waals surface area contributed by atoms with E-state index in [1.54, 1.807) is 38.3 Å². The number of ether oxygens (including phenoxy) is 1. The molecule has 0 aromatic heterocycles. The van der Waals surface area contributed by atoms with Crippen LogP contribution >= 0.6 is 0 Å². The van der Waals surface area contributed by atoms with Crippen molar-refractivity contribution in [2.75, 3.05) is 18.6 Å². The first-order valence-electron chi connectivity index (χ1n) is 8.61. The van der Waals surface area contributed by atoms with Gasteiger partial charge in [-0.05, 0) is 25.1 Å². The summed E-state index contributed by atoms with van der Waals surface area (Å²) in [5.74, 6) is -0.313. The van der Waals surface area contributed by atoms with Gasteiger partial charge < -0.3 is 20.3 Å². The third-order valence-corrected chi connectivity index (χ3v) is 4.39. The summed E-state index contributed by atoms with van der Waals surface area (Å²) in [6, 6.07) is 13.4. The van der Waals surface area contributed by atoms with Crippen LogP contribution in [-0.4, -0.2) is 37.4 Å². The SMILES string of the molecule is COc1ccccc1CNC(=O)CN1C(=O)C(C)NC(=O)c2ccccc21. The summed E-state index contributed by atoms with van der Waals surface area (Å²) in [6.07, 6.45) is 0. The van der Waals surface area contributed by atoms with E-state index >= 15 is 0 Å². The topological polar surface area (TPSA) is 87.7 Å². The van der Waals surface area contributed by atoms with Crippen molar-refractivity contribution in [3.8, 4) is 5.75 Å². The molecule has 0 spiro atoms. The van der Waals surface area contributed by atoms with Crippen LogP contribution in [0.3, 0.4) is 0 Å². The van der Waals surface area contributed by atoms with Crippen molar-refractivity contribution in [3.05, 3.63) is 59.7 Å². The van der Waals surface area contributed by atoms with Crippen molar-refractivity contribution in [2.45, 2.75) is 19.5 Å². The van der Waals surface area contributed by atoms with Gasteiger partial charge in [-0.1, -0.05) is 30.3 Å². The predicted molar refractivity (Wildman–Crippen MR) is 101 cm³/mol. The Hall–Kier alpha value is -3.35. The van der Waals surface area contributed by atoms with E-state index < -0.39 is 6.04 Å². The van der Waals surface area contributed by atoms with Crippen molar-refractivity contribution >= 4 is 23.4 Å². The molecular formula is C20H21N3O4. The molecule has 0 bridgehead atoms. The predicted octanol–water partition coefficient (Wildman–Crippen LogP) is 1.48. The van der Waals surface area contributed by atoms with Gasteiger partial charge in [0, 0.05) is 12.1 Å². The van der Waals surface area contributed by atoms with E-state index in [1.165, 1.54) is 4.90 Å². The fourth-order valence-corrected chi connectivity index (χ4v) is 3.00. The maximum atomic E-state index is 12.7. The Bertz CT molecular complexity index is 881. The Morgan fingerprint density at radius 1 is 1.15 bits per heavy atom. The highest BCUT2D eigenvalue weighted by Crippen LogP contribution is 2.24. The van der Waals surface area contributed by atoms with Crippen LogP contribution in [0.15, 0.2) is 48.5 Å². The normalized spacial score (nSPS) is 16.2. The number of carbonyl (C=O) groups is 3. The Morgan fingerprint density at radius 3 is 2.63 bits per heavy atom. The largest absolute Gasteiger partial charge is 0.496 e. The molecule has 2 aromatic rings. The molecule has 3 rings (SSSR count). The number of nitrogens with one attached hydrogen (secondary N) is 2. The molecule has 7 heteroatoms. The Morgan fingerprint density at radius 2 is 1.85 bits per heavy atom. The van der Waals surface area contributed by atoms with Gasteiger partial charge in [-0.2, -0.15) is 0 Å². The van der Waals surface area contributed by atoms with Gasteiger partial charge in [0.25, 0.3) is 5.91 Å². The zero-order valence-corrected chi connectivity index (χ0v) is 15.2. The molecule has 2 aromatic carbocycles. The number of fused-ring (bicyclic) bond motifs is 1. The van der Waals surface area contributed by atoms with Crippen LogP contribution < -0.4 is 20.3 Å². The molecule has 0 radical (unpaired) electrons. The van der Waals surface area contributed by atoms with E-state index in [1.807, 2.05) is 24.3 Å². The number of nitrogens with zero attached hydrogens (tertiary/aromatic N) is 1. The summed E-state index contributed by atoms with van der Waals surface area (Å²) < 4.78 is 5.27. The Labute approximate surface area is 157 Å². The molecule has 1 aliphatic heterocycles. The molecule has 2 N–H and O–H groups in total. The van der Waals surface area contributed by atoms with Crippen LogP contribution in [-0.2, 0) is 16.1 Å². The molecule has 0 saturated carbocycles. The van der Waals surface area contributed by atoms with Crippen LogP contribution in [0.2, 0.25) is 0 Å². The molecule has 1 heterocycles. The van der Waals surface area contributed by atoms with Gasteiger partial charge in [0.05, 0.1) is 18.4 Å². The van der Waals surface area contributed by atoms with Gasteiger partial charge in [0.15, 0.2) is 0 Å². The molecule has 3 amide bonds. The van der Waals surface area contributed by atoms with Gasteiger partial charge in [0.1, 0.15) is 18.3 Å². The summed E-state index contributed by atoms with van der Waals surface area (Å²) in [7, 11) is 1.57. The molecule has 140 valence electrons. The standard InChI is InChI=1S/C20H21N3O4/c1-13-20(26)23(16-9-5-4-8-15(16)19(25)22-13)12-18(24)21-11-14-7-3-6-10-17(14)27-2/h3-10,13H,11-12H2,1-2H3,(H,21,24)(H,22,25). The highest BCUT2D eigenvalue weighted by atomic mass is 16.5. The molecular weight excluding hydrogens is 346 g/mol. The Kier molecular flexibility index (Phi) is 5.40. The number of hydrogen-bond donors (Lipinski definition) is 2. The minimum absolute atomic E-state index is 0.176. The van der Waals surface area contributed by atoms with Gasteiger partial charge in [-0.15, -0.1) is 0 Å². The second-order valence-corrected chi connectivity index (χ2v) is 6.23. The van der Waals surface area contributed by atoms with Crippen molar-refractivity contribution in [1.82, 2.24) is 10.6 Å². The molecule has 1 atom stereocenters. The quantitative estimate of drug-likeness (QED) is 0.838. The van der Waals surface area contributed by atoms with Crippen molar-refractivity contribution < 1.29 is 19.1 Å². The molecule has 1 aliphatic rings. The van der Waals surface area contributed by atoms with Gasteiger partial charge >= 0.3 is 0 Å². The second kappa shape index (κ2) is 7.90. The number of anilines is 1. The summed E-state index contributed by atoms with van der Waals surface area (Å²) in [5.41, 5.74) is 1.63. The smallest absolute Gasteiger partial charge is 0.254 e. The fourth-order valence-electron chi connectivity index (χ4n) is 3.00.